The second kappa shape index (κ2) is 7.59. The number of hydrogen-bond acceptors (Lipinski definition) is 5. The van der Waals surface area contributed by atoms with Crippen LogP contribution in [0.15, 0.2) is 30.6 Å². The quantitative estimate of drug-likeness (QED) is 0.913. The van der Waals surface area contributed by atoms with Crippen molar-refractivity contribution in [2.75, 3.05) is 37.4 Å². The SMILES string of the molecule is Cc1ccc(NC(=O)N2CCC(Oc3cncc(N(C)C)n3)C2)cc1C. The first-order chi connectivity index (χ1) is 12.4. The molecular weight excluding hydrogens is 330 g/mol. The van der Waals surface area contributed by atoms with Crippen LogP contribution in [0, 0.1) is 13.8 Å². The molecule has 26 heavy (non-hydrogen) atoms. The molecule has 3 rings (SSSR count). The van der Waals surface area contributed by atoms with Gasteiger partial charge in [-0.3, -0.25) is 4.98 Å². The Hall–Kier alpha value is -2.83. The number of rotatable bonds is 4. The second-order valence-electron chi connectivity index (χ2n) is 6.81. The van der Waals surface area contributed by atoms with Crippen LogP contribution in [0.2, 0.25) is 0 Å². The van der Waals surface area contributed by atoms with E-state index in [0.29, 0.717) is 19.0 Å². The van der Waals surface area contributed by atoms with E-state index in [1.807, 2.05) is 44.1 Å². The number of anilines is 2. The van der Waals surface area contributed by atoms with Gasteiger partial charge >= 0.3 is 6.03 Å². The van der Waals surface area contributed by atoms with Gasteiger partial charge in [0.05, 0.1) is 18.9 Å². The molecular formula is C19H25N5O2. The molecule has 7 heteroatoms. The largest absolute Gasteiger partial charge is 0.471 e. The standard InChI is InChI=1S/C19H25N5O2/c1-13-5-6-15(9-14(13)2)21-19(25)24-8-7-16(12-24)26-18-11-20-10-17(22-18)23(3)4/h5-6,9-11,16H,7-8,12H2,1-4H3,(H,21,25). The van der Waals surface area contributed by atoms with E-state index in [9.17, 15) is 4.79 Å². The van der Waals surface area contributed by atoms with Crippen LogP contribution in [0.4, 0.5) is 16.3 Å². The second-order valence-corrected chi connectivity index (χ2v) is 6.81. The molecule has 0 saturated carbocycles. The number of likely N-dealkylation sites (tertiary alicyclic amines) is 1. The van der Waals surface area contributed by atoms with E-state index in [-0.39, 0.29) is 12.1 Å². The smallest absolute Gasteiger partial charge is 0.321 e. The summed E-state index contributed by atoms with van der Waals surface area (Å²) in [7, 11) is 3.81. The lowest BCUT2D eigenvalue weighted by Crippen LogP contribution is -2.34. The summed E-state index contributed by atoms with van der Waals surface area (Å²) in [5.74, 6) is 1.22. The van der Waals surface area contributed by atoms with Gasteiger partial charge in [-0.05, 0) is 37.1 Å². The lowest BCUT2D eigenvalue weighted by molar-refractivity contribution is 0.189. The molecule has 1 aliphatic heterocycles. The highest BCUT2D eigenvalue weighted by Gasteiger charge is 2.28. The van der Waals surface area contributed by atoms with Crippen molar-refractivity contribution in [3.05, 3.63) is 41.7 Å². The molecule has 1 aromatic heterocycles. The molecule has 1 saturated heterocycles. The summed E-state index contributed by atoms with van der Waals surface area (Å²) >= 11 is 0. The lowest BCUT2D eigenvalue weighted by atomic mass is 10.1. The maximum Gasteiger partial charge on any atom is 0.321 e. The van der Waals surface area contributed by atoms with Gasteiger partial charge in [-0.2, -0.15) is 4.98 Å². The first-order valence-electron chi connectivity index (χ1n) is 8.71. The number of carbonyl (C=O) groups is 1. The molecule has 1 unspecified atom stereocenters. The van der Waals surface area contributed by atoms with Crippen LogP contribution in [0.25, 0.3) is 0 Å². The summed E-state index contributed by atoms with van der Waals surface area (Å²) in [6.45, 7) is 5.28. The number of aromatic nitrogens is 2. The van der Waals surface area contributed by atoms with Gasteiger partial charge < -0.3 is 19.9 Å². The summed E-state index contributed by atoms with van der Waals surface area (Å²) in [4.78, 5) is 24.7. The molecule has 1 atom stereocenters. The zero-order chi connectivity index (χ0) is 18.7. The van der Waals surface area contributed by atoms with Crippen molar-refractivity contribution in [3.63, 3.8) is 0 Å². The van der Waals surface area contributed by atoms with E-state index in [4.69, 9.17) is 4.74 Å². The van der Waals surface area contributed by atoms with E-state index < -0.39 is 0 Å². The summed E-state index contributed by atoms with van der Waals surface area (Å²) in [6, 6.07) is 5.82. The fraction of sp³-hybridized carbons (Fsp3) is 0.421. The topological polar surface area (TPSA) is 70.6 Å². The van der Waals surface area contributed by atoms with E-state index in [2.05, 4.69) is 22.2 Å². The Balaban J connectivity index is 1.57. The minimum atomic E-state index is -0.104. The minimum Gasteiger partial charge on any atom is -0.471 e. The molecule has 7 nitrogen and oxygen atoms in total. The number of carbonyl (C=O) groups excluding carboxylic acids is 1. The predicted octanol–water partition coefficient (Wildman–Crippen LogP) is 2.84. The van der Waals surface area contributed by atoms with Gasteiger partial charge in [0, 0.05) is 32.7 Å². The summed E-state index contributed by atoms with van der Waals surface area (Å²) < 4.78 is 5.91. The highest BCUT2D eigenvalue weighted by molar-refractivity contribution is 5.89. The minimum absolute atomic E-state index is 0.0767. The van der Waals surface area contributed by atoms with E-state index in [1.165, 1.54) is 5.56 Å². The average Bonchev–Trinajstić information content (AvgIpc) is 3.07. The fourth-order valence-electron chi connectivity index (χ4n) is 2.81. The van der Waals surface area contributed by atoms with Crippen molar-refractivity contribution < 1.29 is 9.53 Å². The Kier molecular flexibility index (Phi) is 5.25. The third-order valence-corrected chi connectivity index (χ3v) is 4.54. The number of nitrogens with one attached hydrogen (secondary N) is 1. The first-order valence-corrected chi connectivity index (χ1v) is 8.71. The summed E-state index contributed by atoms with van der Waals surface area (Å²) in [5.41, 5.74) is 3.18. The normalized spacial score (nSPS) is 16.5. The highest BCUT2D eigenvalue weighted by atomic mass is 16.5. The van der Waals surface area contributed by atoms with Gasteiger partial charge in [-0.1, -0.05) is 6.07 Å². The van der Waals surface area contributed by atoms with Gasteiger partial charge in [0.1, 0.15) is 6.10 Å². The maximum atomic E-state index is 12.5. The van der Waals surface area contributed by atoms with Crippen molar-refractivity contribution in [2.24, 2.45) is 0 Å². The van der Waals surface area contributed by atoms with Crippen molar-refractivity contribution in [3.8, 4) is 5.88 Å². The van der Waals surface area contributed by atoms with Crippen LogP contribution in [-0.2, 0) is 0 Å². The molecule has 1 aromatic carbocycles. The predicted molar refractivity (Wildman–Crippen MR) is 102 cm³/mol. The highest BCUT2D eigenvalue weighted by Crippen LogP contribution is 2.20. The number of amides is 2. The summed E-state index contributed by atoms with van der Waals surface area (Å²) in [5, 5.41) is 2.96. The van der Waals surface area contributed by atoms with Gasteiger partial charge in [-0.25, -0.2) is 4.79 Å². The van der Waals surface area contributed by atoms with E-state index in [0.717, 1.165) is 23.5 Å². The molecule has 0 bridgehead atoms. The van der Waals surface area contributed by atoms with Crippen LogP contribution in [0.3, 0.4) is 0 Å². The summed E-state index contributed by atoms with van der Waals surface area (Å²) in [6.07, 6.45) is 3.98. The molecule has 0 radical (unpaired) electrons. The molecule has 1 aliphatic rings. The number of urea groups is 1. The molecule has 138 valence electrons. The van der Waals surface area contributed by atoms with Gasteiger partial charge in [-0.15, -0.1) is 0 Å². The number of nitrogens with zero attached hydrogens (tertiary/aromatic N) is 4. The van der Waals surface area contributed by atoms with Crippen molar-refractivity contribution in [1.82, 2.24) is 14.9 Å². The third-order valence-electron chi connectivity index (χ3n) is 4.54. The molecule has 2 heterocycles. The van der Waals surface area contributed by atoms with Crippen molar-refractivity contribution in [1.29, 1.82) is 0 Å². The van der Waals surface area contributed by atoms with Crippen LogP contribution in [0.5, 0.6) is 5.88 Å². The molecule has 0 aliphatic carbocycles. The Morgan fingerprint density at radius 2 is 2.08 bits per heavy atom. The number of hydrogen-bond donors (Lipinski definition) is 1. The monoisotopic (exact) mass is 355 g/mol. The molecule has 1 N–H and O–H groups in total. The number of aryl methyl sites for hydroxylation is 2. The molecule has 2 amide bonds. The molecule has 2 aromatic rings. The van der Waals surface area contributed by atoms with Crippen molar-refractivity contribution in [2.45, 2.75) is 26.4 Å². The third kappa shape index (κ3) is 4.22. The lowest BCUT2D eigenvalue weighted by Gasteiger charge is -2.18. The number of benzene rings is 1. The average molecular weight is 355 g/mol. The molecule has 0 spiro atoms. The Labute approximate surface area is 154 Å². The van der Waals surface area contributed by atoms with E-state index >= 15 is 0 Å². The van der Waals surface area contributed by atoms with Gasteiger partial charge in [0.25, 0.3) is 0 Å². The van der Waals surface area contributed by atoms with Crippen molar-refractivity contribution >= 4 is 17.5 Å². The first kappa shape index (κ1) is 18.0. The zero-order valence-electron chi connectivity index (χ0n) is 15.7. The van der Waals surface area contributed by atoms with Crippen LogP contribution in [0.1, 0.15) is 17.5 Å². The van der Waals surface area contributed by atoms with E-state index in [1.54, 1.807) is 17.3 Å². The zero-order valence-corrected chi connectivity index (χ0v) is 15.7. The van der Waals surface area contributed by atoms with Crippen LogP contribution < -0.4 is 15.0 Å². The van der Waals surface area contributed by atoms with Crippen LogP contribution >= 0.6 is 0 Å². The van der Waals surface area contributed by atoms with Crippen LogP contribution in [-0.4, -0.2) is 54.2 Å². The number of ether oxygens (including phenoxy) is 1. The maximum absolute atomic E-state index is 12.5. The van der Waals surface area contributed by atoms with Gasteiger partial charge in [0.2, 0.25) is 5.88 Å². The van der Waals surface area contributed by atoms with Gasteiger partial charge in [0.15, 0.2) is 5.82 Å². The fourth-order valence-corrected chi connectivity index (χ4v) is 2.81. The Morgan fingerprint density at radius 3 is 2.81 bits per heavy atom. The Bertz CT molecular complexity index is 793. The Morgan fingerprint density at radius 1 is 1.27 bits per heavy atom. The molecule has 1 fully saturated rings.